The Morgan fingerprint density at radius 3 is 2.87 bits per heavy atom. The second-order valence-electron chi connectivity index (χ2n) is 4.91. The van der Waals surface area contributed by atoms with Crippen LogP contribution in [0.25, 0.3) is 10.2 Å². The molecule has 0 bridgehead atoms. The first-order chi connectivity index (χ1) is 6.97. The zero-order valence-corrected chi connectivity index (χ0v) is 9.94. The van der Waals surface area contributed by atoms with Crippen LogP contribution in [0.5, 0.6) is 0 Å². The molecule has 0 spiro atoms. The first kappa shape index (κ1) is 10.4. The lowest BCUT2D eigenvalue weighted by Gasteiger charge is -2.16. The Kier molecular flexibility index (Phi) is 2.38. The zero-order chi connectivity index (χ0) is 11.1. The molecule has 3 nitrogen and oxygen atoms in total. The Balaban J connectivity index is 2.55. The highest BCUT2D eigenvalue weighted by atomic mass is 32.1. The number of aromatic nitrogens is 2. The summed E-state index contributed by atoms with van der Waals surface area (Å²) in [7, 11) is 0. The van der Waals surface area contributed by atoms with Crippen molar-refractivity contribution in [2.45, 2.75) is 27.2 Å². The summed E-state index contributed by atoms with van der Waals surface area (Å²) >= 11 is 1.47. The lowest BCUT2D eigenvalue weighted by atomic mass is 9.89. The standard InChI is InChI=1S/C11H14N2OS/c1-11(2,3)4-7-5-15-9-8(7)12-6-13-10(9)14/h5-6H,4H2,1-3H3,(H,12,13,14). The average molecular weight is 222 g/mol. The van der Waals surface area contributed by atoms with E-state index < -0.39 is 0 Å². The highest BCUT2D eigenvalue weighted by Gasteiger charge is 2.16. The van der Waals surface area contributed by atoms with E-state index in [9.17, 15) is 4.79 Å². The van der Waals surface area contributed by atoms with Crippen molar-refractivity contribution in [3.05, 3.63) is 27.6 Å². The summed E-state index contributed by atoms with van der Waals surface area (Å²) in [5, 5.41) is 2.04. The van der Waals surface area contributed by atoms with E-state index in [2.05, 4.69) is 30.7 Å². The number of fused-ring (bicyclic) bond motifs is 1. The molecule has 2 rings (SSSR count). The second kappa shape index (κ2) is 3.45. The maximum atomic E-state index is 11.5. The van der Waals surface area contributed by atoms with Crippen LogP contribution in [0.2, 0.25) is 0 Å². The molecule has 0 radical (unpaired) electrons. The van der Waals surface area contributed by atoms with Crippen molar-refractivity contribution in [1.82, 2.24) is 9.97 Å². The summed E-state index contributed by atoms with van der Waals surface area (Å²) in [5.41, 5.74) is 2.22. The fourth-order valence-electron chi connectivity index (χ4n) is 1.61. The van der Waals surface area contributed by atoms with Gasteiger partial charge in [0.25, 0.3) is 5.56 Å². The lowest BCUT2D eigenvalue weighted by Crippen LogP contribution is -2.10. The number of H-pyrrole nitrogens is 1. The molecule has 2 heterocycles. The van der Waals surface area contributed by atoms with E-state index in [1.807, 2.05) is 5.38 Å². The highest BCUT2D eigenvalue weighted by Crippen LogP contribution is 2.27. The van der Waals surface area contributed by atoms with Crippen molar-refractivity contribution in [1.29, 1.82) is 0 Å². The fraction of sp³-hybridized carbons (Fsp3) is 0.455. The van der Waals surface area contributed by atoms with Crippen molar-refractivity contribution >= 4 is 21.6 Å². The van der Waals surface area contributed by atoms with Gasteiger partial charge in [-0.2, -0.15) is 0 Å². The number of thiophene rings is 1. The van der Waals surface area contributed by atoms with Gasteiger partial charge >= 0.3 is 0 Å². The first-order valence-corrected chi connectivity index (χ1v) is 5.79. The monoisotopic (exact) mass is 222 g/mol. The number of nitrogens with zero attached hydrogens (tertiary/aromatic N) is 1. The molecule has 0 fully saturated rings. The third-order valence-corrected chi connectivity index (χ3v) is 3.17. The van der Waals surface area contributed by atoms with Crippen LogP contribution >= 0.6 is 11.3 Å². The SMILES string of the molecule is CC(C)(C)Cc1csc2c(=O)[nH]cnc12. The van der Waals surface area contributed by atoms with Crippen LogP contribution in [0.3, 0.4) is 0 Å². The molecule has 0 amide bonds. The van der Waals surface area contributed by atoms with E-state index >= 15 is 0 Å². The molecule has 4 heteroatoms. The Morgan fingerprint density at radius 1 is 1.47 bits per heavy atom. The maximum Gasteiger partial charge on any atom is 0.268 e. The van der Waals surface area contributed by atoms with Gasteiger partial charge in [0.1, 0.15) is 4.70 Å². The minimum absolute atomic E-state index is 0.0369. The van der Waals surface area contributed by atoms with E-state index in [1.54, 1.807) is 0 Å². The summed E-state index contributed by atoms with van der Waals surface area (Å²) in [6.07, 6.45) is 2.42. The molecule has 0 atom stereocenters. The molecule has 80 valence electrons. The smallest absolute Gasteiger partial charge is 0.268 e. The van der Waals surface area contributed by atoms with E-state index in [0.29, 0.717) is 0 Å². The number of aromatic amines is 1. The van der Waals surface area contributed by atoms with Crippen LogP contribution in [0.15, 0.2) is 16.5 Å². The largest absolute Gasteiger partial charge is 0.312 e. The summed E-state index contributed by atoms with van der Waals surface area (Å²) < 4.78 is 0.733. The van der Waals surface area contributed by atoms with Gasteiger partial charge in [-0.25, -0.2) is 4.98 Å². The van der Waals surface area contributed by atoms with E-state index in [4.69, 9.17) is 0 Å². The lowest BCUT2D eigenvalue weighted by molar-refractivity contribution is 0.413. The van der Waals surface area contributed by atoms with Crippen LogP contribution in [0, 0.1) is 5.41 Å². The summed E-state index contributed by atoms with van der Waals surface area (Å²) in [6, 6.07) is 0. The second-order valence-corrected chi connectivity index (χ2v) is 5.79. The van der Waals surface area contributed by atoms with Gasteiger partial charge in [-0.1, -0.05) is 20.8 Å². The van der Waals surface area contributed by atoms with Crippen LogP contribution in [-0.2, 0) is 6.42 Å². The average Bonchev–Trinajstić information content (AvgIpc) is 2.48. The molecule has 2 aromatic heterocycles. The van der Waals surface area contributed by atoms with Crippen molar-refractivity contribution in [3.63, 3.8) is 0 Å². The van der Waals surface area contributed by atoms with Crippen molar-refractivity contribution < 1.29 is 0 Å². The highest BCUT2D eigenvalue weighted by molar-refractivity contribution is 7.17. The summed E-state index contributed by atoms with van der Waals surface area (Å²) in [6.45, 7) is 6.55. The number of hydrogen-bond donors (Lipinski definition) is 1. The molecule has 0 aliphatic carbocycles. The molecule has 0 saturated heterocycles. The van der Waals surface area contributed by atoms with Crippen molar-refractivity contribution in [2.75, 3.05) is 0 Å². The molecule has 0 aromatic carbocycles. The normalized spacial score (nSPS) is 12.2. The van der Waals surface area contributed by atoms with Crippen LogP contribution in [-0.4, -0.2) is 9.97 Å². The van der Waals surface area contributed by atoms with Gasteiger partial charge in [0.2, 0.25) is 0 Å². The Bertz CT molecular complexity index is 533. The van der Waals surface area contributed by atoms with Gasteiger partial charge in [-0.05, 0) is 22.8 Å². The third kappa shape index (κ3) is 2.09. The van der Waals surface area contributed by atoms with Gasteiger partial charge < -0.3 is 4.98 Å². The van der Waals surface area contributed by atoms with Gasteiger partial charge in [-0.15, -0.1) is 11.3 Å². The number of rotatable bonds is 1. The molecule has 0 saturated carbocycles. The van der Waals surface area contributed by atoms with Crippen molar-refractivity contribution in [2.24, 2.45) is 5.41 Å². The van der Waals surface area contributed by atoms with Crippen LogP contribution in [0.1, 0.15) is 26.3 Å². The number of nitrogens with one attached hydrogen (secondary N) is 1. The predicted molar refractivity (Wildman–Crippen MR) is 63.4 cm³/mol. The van der Waals surface area contributed by atoms with E-state index in [-0.39, 0.29) is 11.0 Å². The van der Waals surface area contributed by atoms with E-state index in [0.717, 1.165) is 16.6 Å². The Labute approximate surface area is 92.2 Å². The molecule has 0 unspecified atom stereocenters. The Morgan fingerprint density at radius 2 is 2.20 bits per heavy atom. The molecular formula is C11H14N2OS. The molecule has 2 aromatic rings. The molecular weight excluding hydrogens is 208 g/mol. The van der Waals surface area contributed by atoms with Gasteiger partial charge in [0.05, 0.1) is 11.8 Å². The minimum atomic E-state index is -0.0369. The van der Waals surface area contributed by atoms with Gasteiger partial charge in [0, 0.05) is 0 Å². The van der Waals surface area contributed by atoms with Crippen LogP contribution < -0.4 is 5.56 Å². The third-order valence-electron chi connectivity index (χ3n) is 2.15. The Hall–Kier alpha value is -1.16. The molecule has 0 aliphatic heterocycles. The molecule has 15 heavy (non-hydrogen) atoms. The zero-order valence-electron chi connectivity index (χ0n) is 9.13. The van der Waals surface area contributed by atoms with Crippen LogP contribution in [0.4, 0.5) is 0 Å². The predicted octanol–water partition coefficient (Wildman–Crippen LogP) is 2.57. The van der Waals surface area contributed by atoms with E-state index in [1.165, 1.54) is 23.2 Å². The van der Waals surface area contributed by atoms with Gasteiger partial charge in [-0.3, -0.25) is 4.79 Å². The minimum Gasteiger partial charge on any atom is -0.312 e. The molecule has 0 aliphatic rings. The summed E-state index contributed by atoms with van der Waals surface area (Å²) in [5.74, 6) is 0. The topological polar surface area (TPSA) is 45.8 Å². The number of hydrogen-bond acceptors (Lipinski definition) is 3. The first-order valence-electron chi connectivity index (χ1n) is 4.91. The molecule has 1 N–H and O–H groups in total. The fourth-order valence-corrected chi connectivity index (χ4v) is 2.52. The van der Waals surface area contributed by atoms with Gasteiger partial charge in [0.15, 0.2) is 0 Å². The maximum absolute atomic E-state index is 11.5. The van der Waals surface area contributed by atoms with Crippen molar-refractivity contribution in [3.8, 4) is 0 Å². The summed E-state index contributed by atoms with van der Waals surface area (Å²) in [4.78, 5) is 18.3. The quantitative estimate of drug-likeness (QED) is 0.806.